The maximum atomic E-state index is 11.6. The molecule has 0 saturated carbocycles. The summed E-state index contributed by atoms with van der Waals surface area (Å²) < 4.78 is 57.9. The van der Waals surface area contributed by atoms with Gasteiger partial charge in [-0.2, -0.15) is 0 Å². The fourth-order valence-electron chi connectivity index (χ4n) is 3.21. The molecule has 34 heavy (non-hydrogen) atoms. The van der Waals surface area contributed by atoms with Crippen molar-refractivity contribution in [2.45, 2.75) is 9.79 Å². The predicted octanol–water partition coefficient (Wildman–Crippen LogP) is 5.75. The number of ether oxygens (including phenoxy) is 2. The quantitative estimate of drug-likeness (QED) is 0.325. The van der Waals surface area contributed by atoms with Gasteiger partial charge in [-0.1, -0.05) is 24.3 Å². The summed E-state index contributed by atoms with van der Waals surface area (Å²) in [6.07, 6.45) is 2.33. The molecule has 4 rings (SSSR count). The molecular formula is C26H22O6S2. The molecule has 0 fully saturated rings. The Hall–Kier alpha value is -3.62. The van der Waals surface area contributed by atoms with E-state index >= 15 is 0 Å². The van der Waals surface area contributed by atoms with E-state index in [4.69, 9.17) is 9.47 Å². The summed E-state index contributed by atoms with van der Waals surface area (Å²) in [6.45, 7) is 0. The van der Waals surface area contributed by atoms with Crippen molar-refractivity contribution in [3.63, 3.8) is 0 Å². The largest absolute Gasteiger partial charge is 0.457 e. The first-order valence-corrected chi connectivity index (χ1v) is 14.0. The third kappa shape index (κ3) is 5.84. The summed E-state index contributed by atoms with van der Waals surface area (Å²) in [5.74, 6) is 2.36. The molecule has 0 saturated heterocycles. The Morgan fingerprint density at radius 1 is 0.412 bits per heavy atom. The van der Waals surface area contributed by atoms with Crippen LogP contribution < -0.4 is 9.47 Å². The molecule has 0 heterocycles. The fourth-order valence-corrected chi connectivity index (χ4v) is 4.47. The third-order valence-electron chi connectivity index (χ3n) is 5.02. The summed E-state index contributed by atoms with van der Waals surface area (Å²) in [5, 5.41) is 0. The molecule has 0 aliphatic carbocycles. The van der Waals surface area contributed by atoms with Crippen LogP contribution in [0.4, 0.5) is 0 Å². The Labute approximate surface area is 199 Å². The molecule has 0 bridgehead atoms. The van der Waals surface area contributed by atoms with Crippen LogP contribution in [0.25, 0.3) is 11.1 Å². The average Bonchev–Trinajstić information content (AvgIpc) is 2.80. The van der Waals surface area contributed by atoms with Crippen LogP contribution in [0.3, 0.4) is 0 Å². The molecule has 0 amide bonds. The normalized spacial score (nSPS) is 11.7. The molecule has 0 unspecified atom stereocenters. The Kier molecular flexibility index (Phi) is 6.45. The molecule has 0 radical (unpaired) electrons. The Morgan fingerprint density at radius 3 is 0.882 bits per heavy atom. The van der Waals surface area contributed by atoms with E-state index in [-0.39, 0.29) is 9.79 Å². The Morgan fingerprint density at radius 2 is 0.647 bits per heavy atom. The van der Waals surface area contributed by atoms with Crippen LogP contribution in [0.1, 0.15) is 0 Å². The molecule has 0 atom stereocenters. The van der Waals surface area contributed by atoms with Crippen LogP contribution >= 0.6 is 0 Å². The highest BCUT2D eigenvalue weighted by Crippen LogP contribution is 2.29. The van der Waals surface area contributed by atoms with Crippen molar-refractivity contribution < 1.29 is 26.3 Å². The second kappa shape index (κ2) is 9.32. The first-order chi connectivity index (χ1) is 16.1. The summed E-state index contributed by atoms with van der Waals surface area (Å²) in [4.78, 5) is 0.488. The highest BCUT2D eigenvalue weighted by molar-refractivity contribution is 7.91. The van der Waals surface area contributed by atoms with Crippen molar-refractivity contribution in [1.82, 2.24) is 0 Å². The topological polar surface area (TPSA) is 86.7 Å². The average molecular weight is 495 g/mol. The minimum atomic E-state index is -3.24. The highest BCUT2D eigenvalue weighted by Gasteiger charge is 2.08. The zero-order valence-electron chi connectivity index (χ0n) is 18.5. The van der Waals surface area contributed by atoms with Crippen LogP contribution in [-0.4, -0.2) is 29.3 Å². The van der Waals surface area contributed by atoms with Crippen LogP contribution in [0, 0.1) is 0 Å². The van der Waals surface area contributed by atoms with Crippen molar-refractivity contribution in [1.29, 1.82) is 0 Å². The second-order valence-corrected chi connectivity index (χ2v) is 11.8. The van der Waals surface area contributed by atoms with Crippen LogP contribution in [0.5, 0.6) is 23.0 Å². The van der Waals surface area contributed by atoms with E-state index < -0.39 is 19.7 Å². The van der Waals surface area contributed by atoms with Gasteiger partial charge in [-0.05, 0) is 83.9 Å². The monoisotopic (exact) mass is 494 g/mol. The summed E-state index contributed by atoms with van der Waals surface area (Å²) in [7, 11) is -6.49. The molecule has 0 aliphatic heterocycles. The lowest BCUT2D eigenvalue weighted by molar-refractivity contribution is 0.481. The van der Waals surface area contributed by atoms with Crippen molar-refractivity contribution in [2.24, 2.45) is 0 Å². The number of hydrogen-bond acceptors (Lipinski definition) is 6. The van der Waals surface area contributed by atoms with Crippen LogP contribution in [0.15, 0.2) is 107 Å². The SMILES string of the molecule is CS(=O)(=O)c1ccc(Oc2ccc(-c3ccc(Oc4ccc(S(C)(=O)=O)cc4)cc3)cc2)cc1. The maximum absolute atomic E-state index is 11.6. The van der Waals surface area contributed by atoms with Crippen LogP contribution in [0.2, 0.25) is 0 Å². The van der Waals surface area contributed by atoms with Gasteiger partial charge in [0.2, 0.25) is 0 Å². The highest BCUT2D eigenvalue weighted by atomic mass is 32.2. The van der Waals surface area contributed by atoms with Crippen LogP contribution in [-0.2, 0) is 19.7 Å². The molecule has 8 heteroatoms. The first kappa shape index (κ1) is 23.5. The van der Waals surface area contributed by atoms with E-state index in [0.717, 1.165) is 11.1 Å². The van der Waals surface area contributed by atoms with Gasteiger partial charge >= 0.3 is 0 Å². The minimum Gasteiger partial charge on any atom is -0.457 e. The molecule has 174 valence electrons. The molecule has 6 nitrogen and oxygen atoms in total. The van der Waals surface area contributed by atoms with Gasteiger partial charge in [0.1, 0.15) is 23.0 Å². The molecular weight excluding hydrogens is 472 g/mol. The van der Waals surface area contributed by atoms with Crippen molar-refractivity contribution >= 4 is 19.7 Å². The van der Waals surface area contributed by atoms with Gasteiger partial charge in [0.15, 0.2) is 19.7 Å². The fraction of sp³-hybridized carbons (Fsp3) is 0.0769. The lowest BCUT2D eigenvalue weighted by Gasteiger charge is -2.09. The van der Waals surface area contributed by atoms with E-state index in [0.29, 0.717) is 23.0 Å². The Balaban J connectivity index is 1.41. The lowest BCUT2D eigenvalue weighted by Crippen LogP contribution is -1.96. The van der Waals surface area contributed by atoms with Gasteiger partial charge in [0, 0.05) is 12.5 Å². The van der Waals surface area contributed by atoms with E-state index in [1.807, 2.05) is 48.5 Å². The minimum absolute atomic E-state index is 0.244. The van der Waals surface area contributed by atoms with Gasteiger partial charge in [-0.3, -0.25) is 0 Å². The summed E-state index contributed by atoms with van der Waals surface area (Å²) in [5.41, 5.74) is 1.98. The predicted molar refractivity (Wildman–Crippen MR) is 131 cm³/mol. The van der Waals surface area contributed by atoms with E-state index in [1.54, 1.807) is 24.3 Å². The van der Waals surface area contributed by atoms with Crippen molar-refractivity contribution in [3.8, 4) is 34.1 Å². The van der Waals surface area contributed by atoms with Gasteiger partial charge in [0.05, 0.1) is 9.79 Å². The van der Waals surface area contributed by atoms with Gasteiger partial charge in [0.25, 0.3) is 0 Å². The zero-order chi connectivity index (χ0) is 24.3. The molecule has 0 spiro atoms. The first-order valence-electron chi connectivity index (χ1n) is 10.2. The third-order valence-corrected chi connectivity index (χ3v) is 7.27. The smallest absolute Gasteiger partial charge is 0.175 e. The number of sulfone groups is 2. The second-order valence-electron chi connectivity index (χ2n) is 7.74. The van der Waals surface area contributed by atoms with Gasteiger partial charge < -0.3 is 9.47 Å². The van der Waals surface area contributed by atoms with E-state index in [1.165, 1.54) is 36.8 Å². The van der Waals surface area contributed by atoms with Gasteiger partial charge in [-0.15, -0.1) is 0 Å². The van der Waals surface area contributed by atoms with Crippen molar-refractivity contribution in [2.75, 3.05) is 12.5 Å². The molecule has 4 aromatic rings. The summed E-state index contributed by atoms with van der Waals surface area (Å²) >= 11 is 0. The molecule has 0 aromatic heterocycles. The number of benzene rings is 4. The Bertz CT molecular complexity index is 1370. The lowest BCUT2D eigenvalue weighted by atomic mass is 10.1. The maximum Gasteiger partial charge on any atom is 0.175 e. The van der Waals surface area contributed by atoms with E-state index in [9.17, 15) is 16.8 Å². The van der Waals surface area contributed by atoms with Crippen molar-refractivity contribution in [3.05, 3.63) is 97.1 Å². The standard InChI is InChI=1S/C26H22O6S2/c1-33(27,28)25-15-11-23(12-16-25)31-21-7-3-19(4-8-21)20-5-9-22(10-6-20)32-24-13-17-26(18-14-24)34(2,29)30/h3-18H,1-2H3. The number of rotatable bonds is 7. The number of hydrogen-bond donors (Lipinski definition) is 0. The molecule has 4 aromatic carbocycles. The molecule has 0 N–H and O–H groups in total. The zero-order valence-corrected chi connectivity index (χ0v) is 20.1. The van der Waals surface area contributed by atoms with E-state index in [2.05, 4.69) is 0 Å². The molecule has 0 aliphatic rings. The van der Waals surface area contributed by atoms with Gasteiger partial charge in [-0.25, -0.2) is 16.8 Å². The summed E-state index contributed by atoms with van der Waals surface area (Å²) in [6, 6.07) is 27.6.